The first-order valence-electron chi connectivity index (χ1n) is 14.8. The molecule has 1 atom stereocenters. The van der Waals surface area contributed by atoms with Gasteiger partial charge >= 0.3 is 0 Å². The highest BCUT2D eigenvalue weighted by atomic mass is 16.3. The lowest BCUT2D eigenvalue weighted by Gasteiger charge is -2.25. The van der Waals surface area contributed by atoms with Crippen LogP contribution < -0.4 is 5.32 Å². The Morgan fingerprint density at radius 3 is 1.93 bits per heavy atom. The average Bonchev–Trinajstić information content (AvgIpc) is 3.68. The van der Waals surface area contributed by atoms with E-state index in [1.165, 1.54) is 0 Å². The average molecular weight is 567 g/mol. The molecule has 2 aromatic heterocycles. The molecular formula is C40H26N2O2. The number of aliphatic imine (C=N–C) groups is 1. The molecule has 0 spiro atoms. The van der Waals surface area contributed by atoms with Gasteiger partial charge in [-0.3, -0.25) is 4.99 Å². The van der Waals surface area contributed by atoms with Gasteiger partial charge < -0.3 is 14.2 Å². The van der Waals surface area contributed by atoms with Gasteiger partial charge in [-0.05, 0) is 35.4 Å². The highest BCUT2D eigenvalue weighted by Crippen LogP contribution is 2.43. The molecule has 44 heavy (non-hydrogen) atoms. The topological polar surface area (TPSA) is 50.7 Å². The molecule has 1 aliphatic rings. The Hall–Kier alpha value is -5.87. The van der Waals surface area contributed by atoms with Gasteiger partial charge in [-0.1, -0.05) is 121 Å². The molecule has 1 N–H and O–H groups in total. The second-order valence-corrected chi connectivity index (χ2v) is 11.1. The van der Waals surface area contributed by atoms with Crippen molar-refractivity contribution in [2.45, 2.75) is 6.17 Å². The minimum atomic E-state index is -0.233. The molecule has 4 nitrogen and oxygen atoms in total. The molecule has 3 heterocycles. The van der Waals surface area contributed by atoms with Crippen molar-refractivity contribution in [3.05, 3.63) is 162 Å². The Bertz CT molecular complexity index is 2410. The van der Waals surface area contributed by atoms with Gasteiger partial charge in [0.25, 0.3) is 0 Å². The number of nitrogens with one attached hydrogen (secondary N) is 1. The zero-order valence-corrected chi connectivity index (χ0v) is 23.7. The van der Waals surface area contributed by atoms with E-state index >= 15 is 0 Å². The quantitative estimate of drug-likeness (QED) is 0.231. The van der Waals surface area contributed by atoms with Crippen LogP contribution in [0.1, 0.15) is 22.9 Å². The smallest absolute Gasteiger partial charge is 0.145 e. The molecular weight excluding hydrogens is 540 g/mol. The van der Waals surface area contributed by atoms with Crippen molar-refractivity contribution in [2.24, 2.45) is 4.99 Å². The van der Waals surface area contributed by atoms with E-state index in [-0.39, 0.29) is 6.17 Å². The summed E-state index contributed by atoms with van der Waals surface area (Å²) in [4.78, 5) is 5.28. The molecule has 6 aromatic carbocycles. The number of hydrogen-bond acceptors (Lipinski definition) is 4. The lowest BCUT2D eigenvalue weighted by atomic mass is 9.94. The molecule has 208 valence electrons. The number of allylic oxidation sites excluding steroid dienone is 1. The van der Waals surface area contributed by atoms with Crippen LogP contribution in [0.2, 0.25) is 0 Å². The molecule has 0 saturated heterocycles. The lowest BCUT2D eigenvalue weighted by molar-refractivity contribution is 0.663. The van der Waals surface area contributed by atoms with Crippen LogP contribution in [-0.2, 0) is 0 Å². The van der Waals surface area contributed by atoms with Crippen LogP contribution >= 0.6 is 0 Å². The highest BCUT2D eigenvalue weighted by molar-refractivity contribution is 6.26. The fourth-order valence-electron chi connectivity index (χ4n) is 6.47. The Labute approximate surface area is 253 Å². The third kappa shape index (κ3) is 3.89. The molecule has 0 aliphatic carbocycles. The van der Waals surface area contributed by atoms with E-state index in [0.29, 0.717) is 0 Å². The number of hydrogen-bond donors (Lipinski definition) is 1. The molecule has 0 fully saturated rings. The van der Waals surface area contributed by atoms with Gasteiger partial charge in [-0.25, -0.2) is 0 Å². The summed E-state index contributed by atoms with van der Waals surface area (Å²) in [5.74, 6) is 0. The first-order chi connectivity index (χ1) is 21.8. The third-order valence-corrected chi connectivity index (χ3v) is 8.54. The summed E-state index contributed by atoms with van der Waals surface area (Å²) in [5.41, 5.74) is 10.6. The maximum atomic E-state index is 6.68. The fourth-order valence-corrected chi connectivity index (χ4v) is 6.47. The summed E-state index contributed by atoms with van der Waals surface area (Å²) >= 11 is 0. The molecule has 4 heteroatoms. The standard InChI is InChI=1S/C40H26N2O2/c1-3-12-25(13-4-1)33-24-34(42-40(41-33)26-14-5-2-6-15-26)31-23-22-30(39-37(31)32-17-8-10-21-36(32)44-39)29-19-11-18-28-27-16-7-9-20-35(27)43-38(28)29/h1-24,40-41H. The predicted molar refractivity (Wildman–Crippen MR) is 180 cm³/mol. The Morgan fingerprint density at radius 2 is 1.11 bits per heavy atom. The Balaban J connectivity index is 1.31. The summed E-state index contributed by atoms with van der Waals surface area (Å²) < 4.78 is 13.1. The van der Waals surface area contributed by atoms with E-state index in [9.17, 15) is 0 Å². The highest BCUT2D eigenvalue weighted by Gasteiger charge is 2.24. The monoisotopic (exact) mass is 566 g/mol. The van der Waals surface area contributed by atoms with Crippen molar-refractivity contribution < 1.29 is 8.83 Å². The Kier molecular flexibility index (Phi) is 5.53. The van der Waals surface area contributed by atoms with Crippen LogP contribution in [0.5, 0.6) is 0 Å². The first kappa shape index (κ1) is 24.7. The Morgan fingerprint density at radius 1 is 0.500 bits per heavy atom. The molecule has 0 saturated carbocycles. The number of benzene rings is 6. The van der Waals surface area contributed by atoms with Crippen molar-refractivity contribution >= 4 is 55.3 Å². The van der Waals surface area contributed by atoms with Crippen LogP contribution in [-0.4, -0.2) is 5.71 Å². The van der Waals surface area contributed by atoms with Crippen molar-refractivity contribution in [3.63, 3.8) is 0 Å². The number of rotatable bonds is 4. The minimum Gasteiger partial charge on any atom is -0.455 e. The molecule has 0 radical (unpaired) electrons. The summed E-state index contributed by atoms with van der Waals surface area (Å²) in [6, 6.07) is 47.9. The number of fused-ring (bicyclic) bond motifs is 6. The second kappa shape index (κ2) is 9.85. The van der Waals surface area contributed by atoms with E-state index in [1.807, 2.05) is 36.4 Å². The van der Waals surface area contributed by atoms with Crippen molar-refractivity contribution in [2.75, 3.05) is 0 Å². The SMILES string of the molecule is C1=C(c2ccccc2)NC(c2ccccc2)N=C1c1ccc(-c2cccc3c2oc2ccccc23)c2oc3ccccc3c12. The summed E-state index contributed by atoms with van der Waals surface area (Å²) in [5, 5.41) is 7.98. The number of para-hydroxylation sites is 3. The molecule has 8 aromatic rings. The molecule has 9 rings (SSSR count). The van der Waals surface area contributed by atoms with Gasteiger partial charge in [0.2, 0.25) is 0 Å². The van der Waals surface area contributed by atoms with Gasteiger partial charge in [0, 0.05) is 43.9 Å². The zero-order chi connectivity index (χ0) is 29.0. The van der Waals surface area contributed by atoms with Crippen LogP contribution in [0.15, 0.2) is 159 Å². The maximum Gasteiger partial charge on any atom is 0.145 e. The second-order valence-electron chi connectivity index (χ2n) is 11.1. The molecule has 1 aliphatic heterocycles. The number of nitrogens with zero attached hydrogens (tertiary/aromatic N) is 1. The van der Waals surface area contributed by atoms with Gasteiger partial charge in [0.1, 0.15) is 28.5 Å². The van der Waals surface area contributed by atoms with Crippen molar-refractivity contribution in [1.29, 1.82) is 0 Å². The van der Waals surface area contributed by atoms with Crippen LogP contribution in [0.4, 0.5) is 0 Å². The zero-order valence-electron chi connectivity index (χ0n) is 23.7. The van der Waals surface area contributed by atoms with E-state index < -0.39 is 0 Å². The van der Waals surface area contributed by atoms with Gasteiger partial charge in [0.15, 0.2) is 0 Å². The van der Waals surface area contributed by atoms with Crippen molar-refractivity contribution in [3.8, 4) is 11.1 Å². The van der Waals surface area contributed by atoms with Gasteiger partial charge in [-0.15, -0.1) is 0 Å². The lowest BCUT2D eigenvalue weighted by Crippen LogP contribution is -2.24. The third-order valence-electron chi connectivity index (χ3n) is 8.54. The summed E-state index contributed by atoms with van der Waals surface area (Å²) in [6.45, 7) is 0. The number of furan rings is 2. The van der Waals surface area contributed by atoms with E-state index in [1.54, 1.807) is 0 Å². The van der Waals surface area contributed by atoms with Crippen molar-refractivity contribution in [1.82, 2.24) is 5.32 Å². The molecule has 0 bridgehead atoms. The summed E-state index contributed by atoms with van der Waals surface area (Å²) in [6.07, 6.45) is 1.92. The normalized spacial score (nSPS) is 15.0. The van der Waals surface area contributed by atoms with Crippen LogP contribution in [0, 0.1) is 0 Å². The van der Waals surface area contributed by atoms with E-state index in [4.69, 9.17) is 13.8 Å². The van der Waals surface area contributed by atoms with Crippen LogP contribution in [0.25, 0.3) is 60.7 Å². The predicted octanol–water partition coefficient (Wildman–Crippen LogP) is 10.3. The summed E-state index contributed by atoms with van der Waals surface area (Å²) in [7, 11) is 0. The fraction of sp³-hybridized carbons (Fsp3) is 0.0250. The maximum absolute atomic E-state index is 6.68. The first-order valence-corrected chi connectivity index (χ1v) is 14.8. The largest absolute Gasteiger partial charge is 0.455 e. The van der Waals surface area contributed by atoms with E-state index in [2.05, 4.69) is 115 Å². The molecule has 0 amide bonds. The minimum absolute atomic E-state index is 0.233. The van der Waals surface area contributed by atoms with Crippen LogP contribution in [0.3, 0.4) is 0 Å². The molecule has 1 unspecified atom stereocenters. The van der Waals surface area contributed by atoms with Gasteiger partial charge in [0.05, 0.1) is 5.71 Å². The van der Waals surface area contributed by atoms with Gasteiger partial charge in [-0.2, -0.15) is 0 Å². The van der Waals surface area contributed by atoms with E-state index in [0.717, 1.165) is 83.1 Å².